The third-order valence-corrected chi connectivity index (χ3v) is 4.74. The normalized spacial score (nSPS) is 11.8. The maximum atomic E-state index is 12.5. The molecular weight excluding hydrogens is 276 g/mol. The molecule has 7 heteroatoms. The molecule has 0 amide bonds. The minimum atomic E-state index is -3.62. The summed E-state index contributed by atoms with van der Waals surface area (Å²) in [4.78, 5) is 8.13. The van der Waals surface area contributed by atoms with Crippen molar-refractivity contribution in [3.63, 3.8) is 0 Å². The number of rotatable bonds is 5. The van der Waals surface area contributed by atoms with E-state index < -0.39 is 10.0 Å². The lowest BCUT2D eigenvalue weighted by Crippen LogP contribution is -2.28. The van der Waals surface area contributed by atoms with Crippen molar-refractivity contribution < 1.29 is 8.42 Å². The fourth-order valence-corrected chi connectivity index (χ4v) is 3.15. The molecule has 6 nitrogen and oxygen atoms in total. The SMILES string of the molecule is CN(Cc1cccnc1)S(=O)(=O)c1cccnc1CN. The van der Waals surface area contributed by atoms with E-state index in [0.717, 1.165) is 5.56 Å². The molecule has 0 atom stereocenters. The molecule has 0 aliphatic heterocycles. The van der Waals surface area contributed by atoms with E-state index in [1.807, 2.05) is 6.07 Å². The molecule has 2 aromatic rings. The highest BCUT2D eigenvalue weighted by Gasteiger charge is 2.24. The van der Waals surface area contributed by atoms with Crippen LogP contribution < -0.4 is 5.73 Å². The Kier molecular flexibility index (Phi) is 4.43. The molecule has 20 heavy (non-hydrogen) atoms. The molecule has 2 aromatic heterocycles. The molecule has 0 bridgehead atoms. The van der Waals surface area contributed by atoms with Crippen molar-refractivity contribution in [3.05, 3.63) is 54.1 Å². The van der Waals surface area contributed by atoms with E-state index in [0.29, 0.717) is 5.69 Å². The van der Waals surface area contributed by atoms with Gasteiger partial charge >= 0.3 is 0 Å². The second kappa shape index (κ2) is 6.08. The molecule has 0 aliphatic rings. The van der Waals surface area contributed by atoms with Gasteiger partial charge in [-0.1, -0.05) is 6.07 Å². The number of nitrogens with two attached hydrogens (primary N) is 1. The van der Waals surface area contributed by atoms with Gasteiger partial charge in [-0.3, -0.25) is 9.97 Å². The Hall–Kier alpha value is -1.83. The summed E-state index contributed by atoms with van der Waals surface area (Å²) in [6.07, 6.45) is 4.81. The van der Waals surface area contributed by atoms with E-state index in [1.165, 1.54) is 23.6 Å². The van der Waals surface area contributed by atoms with Gasteiger partial charge in [-0.05, 0) is 23.8 Å². The largest absolute Gasteiger partial charge is 0.325 e. The number of sulfonamides is 1. The van der Waals surface area contributed by atoms with E-state index in [9.17, 15) is 8.42 Å². The third kappa shape index (κ3) is 3.01. The van der Waals surface area contributed by atoms with E-state index in [4.69, 9.17) is 5.73 Å². The van der Waals surface area contributed by atoms with E-state index in [1.54, 1.807) is 24.5 Å². The van der Waals surface area contributed by atoms with Crippen LogP contribution in [0.15, 0.2) is 47.8 Å². The molecule has 0 radical (unpaired) electrons. The molecule has 0 fully saturated rings. The maximum absolute atomic E-state index is 12.5. The average molecular weight is 292 g/mol. The lowest BCUT2D eigenvalue weighted by molar-refractivity contribution is 0.465. The van der Waals surface area contributed by atoms with Crippen LogP contribution in [0.1, 0.15) is 11.3 Å². The second-order valence-corrected chi connectivity index (χ2v) is 6.29. The molecule has 0 saturated carbocycles. The minimum absolute atomic E-state index is 0.0795. The van der Waals surface area contributed by atoms with Crippen molar-refractivity contribution in [2.24, 2.45) is 5.73 Å². The third-order valence-electron chi connectivity index (χ3n) is 2.86. The van der Waals surface area contributed by atoms with Gasteiger partial charge in [0.15, 0.2) is 0 Å². The van der Waals surface area contributed by atoms with Crippen LogP contribution >= 0.6 is 0 Å². The molecule has 0 aliphatic carbocycles. The molecular formula is C13H16N4O2S. The summed E-state index contributed by atoms with van der Waals surface area (Å²) in [5.74, 6) is 0. The van der Waals surface area contributed by atoms with Crippen LogP contribution in [0.25, 0.3) is 0 Å². The van der Waals surface area contributed by atoms with Gasteiger partial charge in [0.2, 0.25) is 10.0 Å². The van der Waals surface area contributed by atoms with Gasteiger partial charge in [-0.25, -0.2) is 8.42 Å². The first kappa shape index (κ1) is 14.6. The van der Waals surface area contributed by atoms with E-state index in [-0.39, 0.29) is 18.0 Å². The van der Waals surface area contributed by atoms with Gasteiger partial charge in [0.25, 0.3) is 0 Å². The van der Waals surface area contributed by atoms with Gasteiger partial charge < -0.3 is 5.73 Å². The Morgan fingerprint density at radius 1 is 1.25 bits per heavy atom. The van der Waals surface area contributed by atoms with Crippen LogP contribution in [-0.2, 0) is 23.1 Å². The zero-order chi connectivity index (χ0) is 14.6. The minimum Gasteiger partial charge on any atom is -0.325 e. The average Bonchev–Trinajstić information content (AvgIpc) is 2.48. The Labute approximate surface area is 118 Å². The van der Waals surface area contributed by atoms with E-state index >= 15 is 0 Å². The van der Waals surface area contributed by atoms with Crippen molar-refractivity contribution in [1.82, 2.24) is 14.3 Å². The highest BCUT2D eigenvalue weighted by atomic mass is 32.2. The van der Waals surface area contributed by atoms with Crippen molar-refractivity contribution >= 4 is 10.0 Å². The van der Waals surface area contributed by atoms with Crippen molar-refractivity contribution in [2.75, 3.05) is 7.05 Å². The first-order valence-electron chi connectivity index (χ1n) is 6.05. The zero-order valence-corrected chi connectivity index (χ0v) is 11.9. The summed E-state index contributed by atoms with van der Waals surface area (Å²) in [5.41, 5.74) is 6.73. The predicted molar refractivity (Wildman–Crippen MR) is 75.0 cm³/mol. The molecule has 2 N–H and O–H groups in total. The number of pyridine rings is 2. The second-order valence-electron chi connectivity index (χ2n) is 4.27. The summed E-state index contributed by atoms with van der Waals surface area (Å²) >= 11 is 0. The van der Waals surface area contributed by atoms with Gasteiger partial charge in [0, 0.05) is 38.7 Å². The molecule has 2 rings (SSSR count). The highest BCUT2D eigenvalue weighted by Crippen LogP contribution is 2.18. The van der Waals surface area contributed by atoms with Crippen LogP contribution in [-0.4, -0.2) is 29.7 Å². The summed E-state index contributed by atoms with van der Waals surface area (Å²) in [6, 6.07) is 6.70. The fourth-order valence-electron chi connectivity index (χ4n) is 1.81. The topological polar surface area (TPSA) is 89.2 Å². The summed E-state index contributed by atoms with van der Waals surface area (Å²) in [6.45, 7) is 0.325. The number of hydrogen-bond acceptors (Lipinski definition) is 5. The maximum Gasteiger partial charge on any atom is 0.244 e. The van der Waals surface area contributed by atoms with Crippen molar-refractivity contribution in [3.8, 4) is 0 Å². The fraction of sp³-hybridized carbons (Fsp3) is 0.231. The summed E-state index contributed by atoms with van der Waals surface area (Å²) in [7, 11) is -2.09. The smallest absolute Gasteiger partial charge is 0.244 e. The molecule has 0 spiro atoms. The first-order valence-corrected chi connectivity index (χ1v) is 7.49. The van der Waals surface area contributed by atoms with Crippen LogP contribution in [0.5, 0.6) is 0 Å². The van der Waals surface area contributed by atoms with Crippen molar-refractivity contribution in [2.45, 2.75) is 18.0 Å². The molecule has 0 saturated heterocycles. The number of nitrogens with zero attached hydrogens (tertiary/aromatic N) is 3. The monoisotopic (exact) mass is 292 g/mol. The quantitative estimate of drug-likeness (QED) is 0.878. The molecule has 0 aromatic carbocycles. The van der Waals surface area contributed by atoms with Crippen molar-refractivity contribution in [1.29, 1.82) is 0 Å². The lowest BCUT2D eigenvalue weighted by Gasteiger charge is -2.18. The van der Waals surface area contributed by atoms with Crippen LogP contribution in [0.2, 0.25) is 0 Å². The van der Waals surface area contributed by atoms with Crippen LogP contribution in [0.4, 0.5) is 0 Å². The highest BCUT2D eigenvalue weighted by molar-refractivity contribution is 7.89. The van der Waals surface area contributed by atoms with Gasteiger partial charge in [0.05, 0.1) is 5.69 Å². The van der Waals surface area contributed by atoms with Gasteiger partial charge in [-0.15, -0.1) is 0 Å². The Balaban J connectivity index is 2.30. The number of hydrogen-bond donors (Lipinski definition) is 1. The lowest BCUT2D eigenvalue weighted by atomic mass is 10.3. The van der Waals surface area contributed by atoms with E-state index in [2.05, 4.69) is 9.97 Å². The zero-order valence-electron chi connectivity index (χ0n) is 11.1. The number of aromatic nitrogens is 2. The molecule has 106 valence electrons. The Morgan fingerprint density at radius 3 is 2.65 bits per heavy atom. The Bertz CT molecular complexity index is 674. The van der Waals surface area contributed by atoms with Crippen LogP contribution in [0, 0.1) is 0 Å². The first-order chi connectivity index (χ1) is 9.55. The standard InChI is InChI=1S/C13H16N4O2S/c1-17(10-11-4-2-6-15-9-11)20(18,19)13-5-3-7-16-12(13)8-14/h2-7,9H,8,10,14H2,1H3. The summed E-state index contributed by atoms with van der Waals surface area (Å²) < 4.78 is 26.3. The van der Waals surface area contributed by atoms with Crippen LogP contribution in [0.3, 0.4) is 0 Å². The predicted octanol–water partition coefficient (Wildman–Crippen LogP) is 0.756. The van der Waals surface area contributed by atoms with Gasteiger partial charge in [0.1, 0.15) is 4.90 Å². The van der Waals surface area contributed by atoms with Gasteiger partial charge in [-0.2, -0.15) is 4.31 Å². The Morgan fingerprint density at radius 2 is 2.00 bits per heavy atom. The summed E-state index contributed by atoms with van der Waals surface area (Å²) in [5, 5.41) is 0. The molecule has 2 heterocycles. The molecule has 0 unspecified atom stereocenters.